The third-order valence-corrected chi connectivity index (χ3v) is 3.06. The van der Waals surface area contributed by atoms with Crippen LogP contribution in [0.4, 0.5) is 0 Å². The van der Waals surface area contributed by atoms with Crippen molar-refractivity contribution in [3.8, 4) is 0 Å². The molecule has 2 unspecified atom stereocenters. The van der Waals surface area contributed by atoms with Gasteiger partial charge in [0.15, 0.2) is 0 Å². The average molecular weight is 214 g/mol. The Bertz CT molecular complexity index is 158. The summed E-state index contributed by atoms with van der Waals surface area (Å²) in [4.78, 5) is 2.63. The molecule has 0 radical (unpaired) electrons. The first-order valence-corrected chi connectivity index (χ1v) is 6.21. The van der Waals surface area contributed by atoms with Crippen LogP contribution < -0.4 is 5.32 Å². The van der Waals surface area contributed by atoms with Crippen molar-refractivity contribution in [1.82, 2.24) is 10.2 Å². The van der Waals surface area contributed by atoms with Crippen LogP contribution in [0.2, 0.25) is 0 Å². The van der Waals surface area contributed by atoms with Gasteiger partial charge in [-0.1, -0.05) is 13.8 Å². The maximum atomic E-state index is 5.20. The molecule has 0 aliphatic carbocycles. The van der Waals surface area contributed by atoms with Gasteiger partial charge in [0.05, 0.1) is 0 Å². The molecule has 1 heterocycles. The first-order chi connectivity index (χ1) is 7.27. The molecule has 1 rings (SSSR count). The fourth-order valence-electron chi connectivity index (χ4n) is 2.40. The molecule has 3 nitrogen and oxygen atoms in total. The standard InChI is InChI=1S/C12H26N2O/c1-4-7-14(9-11(2)10-15-3)12-5-6-13-8-12/h11-13H,4-10H2,1-3H3. The SMILES string of the molecule is CCCN(CC(C)COC)C1CCNC1. The fraction of sp³-hybridized carbons (Fsp3) is 1.00. The average Bonchev–Trinajstić information content (AvgIpc) is 2.70. The van der Waals surface area contributed by atoms with Crippen LogP contribution in [0.15, 0.2) is 0 Å². The minimum absolute atomic E-state index is 0.641. The second kappa shape index (κ2) is 7.20. The normalized spacial score (nSPS) is 23.6. The molecule has 1 aliphatic rings. The Morgan fingerprint density at radius 1 is 1.53 bits per heavy atom. The van der Waals surface area contributed by atoms with Crippen LogP contribution in [0.1, 0.15) is 26.7 Å². The van der Waals surface area contributed by atoms with E-state index in [1.54, 1.807) is 7.11 Å². The molecule has 0 spiro atoms. The minimum Gasteiger partial charge on any atom is -0.384 e. The lowest BCUT2D eigenvalue weighted by molar-refractivity contribution is 0.113. The van der Waals surface area contributed by atoms with Crippen LogP contribution >= 0.6 is 0 Å². The van der Waals surface area contributed by atoms with Crippen LogP contribution in [-0.2, 0) is 4.74 Å². The predicted molar refractivity (Wildman–Crippen MR) is 64.2 cm³/mol. The van der Waals surface area contributed by atoms with Gasteiger partial charge in [-0.25, -0.2) is 0 Å². The summed E-state index contributed by atoms with van der Waals surface area (Å²) in [6.45, 7) is 10.2. The van der Waals surface area contributed by atoms with E-state index >= 15 is 0 Å². The summed E-state index contributed by atoms with van der Waals surface area (Å²) in [6.07, 6.45) is 2.55. The lowest BCUT2D eigenvalue weighted by atomic mass is 10.1. The molecule has 1 N–H and O–H groups in total. The molecule has 1 aliphatic heterocycles. The number of rotatable bonds is 7. The van der Waals surface area contributed by atoms with Gasteiger partial charge in [0.1, 0.15) is 0 Å². The third-order valence-electron chi connectivity index (χ3n) is 3.06. The maximum Gasteiger partial charge on any atom is 0.0500 e. The highest BCUT2D eigenvalue weighted by Crippen LogP contribution is 2.12. The first kappa shape index (κ1) is 12.9. The second-order valence-electron chi connectivity index (χ2n) is 4.70. The van der Waals surface area contributed by atoms with Crippen molar-refractivity contribution in [3.63, 3.8) is 0 Å². The highest BCUT2D eigenvalue weighted by molar-refractivity contribution is 4.81. The number of methoxy groups -OCH3 is 1. The van der Waals surface area contributed by atoms with Gasteiger partial charge in [0.25, 0.3) is 0 Å². The topological polar surface area (TPSA) is 24.5 Å². The predicted octanol–water partition coefficient (Wildman–Crippen LogP) is 1.34. The van der Waals surface area contributed by atoms with Crippen molar-refractivity contribution in [2.75, 3.05) is 39.9 Å². The van der Waals surface area contributed by atoms with Crippen LogP contribution in [0, 0.1) is 5.92 Å². The van der Waals surface area contributed by atoms with Gasteiger partial charge in [-0.2, -0.15) is 0 Å². The van der Waals surface area contributed by atoms with Crippen molar-refractivity contribution >= 4 is 0 Å². The second-order valence-corrected chi connectivity index (χ2v) is 4.70. The van der Waals surface area contributed by atoms with Crippen LogP contribution in [0.25, 0.3) is 0 Å². The number of nitrogens with one attached hydrogen (secondary N) is 1. The van der Waals surface area contributed by atoms with Crippen molar-refractivity contribution in [1.29, 1.82) is 0 Å². The molecule has 0 aromatic heterocycles. The van der Waals surface area contributed by atoms with E-state index in [1.165, 1.54) is 39.0 Å². The zero-order valence-corrected chi connectivity index (χ0v) is 10.5. The Morgan fingerprint density at radius 3 is 2.87 bits per heavy atom. The molecule has 90 valence electrons. The van der Waals surface area contributed by atoms with E-state index in [1.807, 2.05) is 0 Å². The molecule has 2 atom stereocenters. The summed E-state index contributed by atoms with van der Waals surface area (Å²) in [5, 5.41) is 3.44. The molecule has 3 heteroatoms. The molecule has 0 amide bonds. The smallest absolute Gasteiger partial charge is 0.0500 e. The number of ether oxygens (including phenoxy) is 1. The van der Waals surface area contributed by atoms with Crippen LogP contribution in [0.3, 0.4) is 0 Å². The Balaban J connectivity index is 2.34. The van der Waals surface area contributed by atoms with Crippen molar-refractivity contribution in [2.45, 2.75) is 32.7 Å². The molecular formula is C12H26N2O. The van der Waals surface area contributed by atoms with Gasteiger partial charge in [-0.15, -0.1) is 0 Å². The molecule has 0 aromatic rings. The monoisotopic (exact) mass is 214 g/mol. The Kier molecular flexibility index (Phi) is 6.22. The Labute approximate surface area is 94.2 Å². The quantitative estimate of drug-likeness (QED) is 0.692. The van der Waals surface area contributed by atoms with E-state index in [0.29, 0.717) is 5.92 Å². The summed E-state index contributed by atoms with van der Waals surface area (Å²) in [7, 11) is 1.79. The minimum atomic E-state index is 0.641. The molecule has 15 heavy (non-hydrogen) atoms. The Morgan fingerprint density at radius 2 is 2.33 bits per heavy atom. The summed E-state index contributed by atoms with van der Waals surface area (Å²) >= 11 is 0. The zero-order valence-electron chi connectivity index (χ0n) is 10.5. The number of hydrogen-bond acceptors (Lipinski definition) is 3. The first-order valence-electron chi connectivity index (χ1n) is 6.21. The van der Waals surface area contributed by atoms with E-state index < -0.39 is 0 Å². The summed E-state index contributed by atoms with van der Waals surface area (Å²) in [6, 6.07) is 0.754. The Hall–Kier alpha value is -0.120. The largest absolute Gasteiger partial charge is 0.384 e. The van der Waals surface area contributed by atoms with Crippen molar-refractivity contribution < 1.29 is 4.74 Å². The van der Waals surface area contributed by atoms with E-state index in [2.05, 4.69) is 24.1 Å². The molecule has 1 saturated heterocycles. The van der Waals surface area contributed by atoms with E-state index in [0.717, 1.165) is 12.6 Å². The lowest BCUT2D eigenvalue weighted by Gasteiger charge is -2.30. The molecule has 0 bridgehead atoms. The highest BCUT2D eigenvalue weighted by atomic mass is 16.5. The molecular weight excluding hydrogens is 188 g/mol. The summed E-state index contributed by atoms with van der Waals surface area (Å²) < 4.78 is 5.20. The van der Waals surface area contributed by atoms with Crippen LogP contribution in [0.5, 0.6) is 0 Å². The van der Waals surface area contributed by atoms with Gasteiger partial charge in [-0.3, -0.25) is 4.90 Å². The van der Waals surface area contributed by atoms with Gasteiger partial charge in [0.2, 0.25) is 0 Å². The number of nitrogens with zero attached hydrogens (tertiary/aromatic N) is 1. The van der Waals surface area contributed by atoms with Gasteiger partial charge < -0.3 is 10.1 Å². The lowest BCUT2D eigenvalue weighted by Crippen LogP contribution is -2.40. The van der Waals surface area contributed by atoms with Gasteiger partial charge in [-0.05, 0) is 31.8 Å². The van der Waals surface area contributed by atoms with E-state index in [4.69, 9.17) is 4.74 Å². The zero-order chi connectivity index (χ0) is 11.1. The van der Waals surface area contributed by atoms with Gasteiger partial charge >= 0.3 is 0 Å². The van der Waals surface area contributed by atoms with Crippen molar-refractivity contribution in [3.05, 3.63) is 0 Å². The van der Waals surface area contributed by atoms with Gasteiger partial charge in [0, 0.05) is 32.8 Å². The highest BCUT2D eigenvalue weighted by Gasteiger charge is 2.22. The van der Waals surface area contributed by atoms with E-state index in [9.17, 15) is 0 Å². The van der Waals surface area contributed by atoms with E-state index in [-0.39, 0.29) is 0 Å². The van der Waals surface area contributed by atoms with Crippen molar-refractivity contribution in [2.24, 2.45) is 5.92 Å². The molecule has 1 fully saturated rings. The number of hydrogen-bond donors (Lipinski definition) is 1. The summed E-state index contributed by atoms with van der Waals surface area (Å²) in [5.41, 5.74) is 0. The summed E-state index contributed by atoms with van der Waals surface area (Å²) in [5.74, 6) is 0.641. The van der Waals surface area contributed by atoms with Crippen LogP contribution in [-0.4, -0.2) is 50.8 Å². The molecule has 0 aromatic carbocycles. The third kappa shape index (κ3) is 4.49. The molecule has 0 saturated carbocycles. The maximum absolute atomic E-state index is 5.20. The fourth-order valence-corrected chi connectivity index (χ4v) is 2.40.